The second-order valence-electron chi connectivity index (χ2n) is 5.32. The highest BCUT2D eigenvalue weighted by atomic mass is 79.9. The molecule has 0 amide bonds. The standard InChI is InChI=1S/C18H13BrClNO3S/c19-14-8-10-15(11-9-14)25(23,24)21(12-18(20)22)17-7-3-5-13-4-1-2-6-16(13)17/h1-11H,12H2. The van der Waals surface area contributed by atoms with Crippen LogP contribution >= 0.6 is 27.5 Å². The Labute approximate surface area is 159 Å². The van der Waals surface area contributed by atoms with Crippen LogP contribution in [0.5, 0.6) is 0 Å². The van der Waals surface area contributed by atoms with E-state index in [9.17, 15) is 13.2 Å². The van der Waals surface area contributed by atoms with E-state index in [1.54, 1.807) is 24.3 Å². The van der Waals surface area contributed by atoms with E-state index < -0.39 is 21.8 Å². The fourth-order valence-corrected chi connectivity index (χ4v) is 4.47. The van der Waals surface area contributed by atoms with Gasteiger partial charge in [-0.3, -0.25) is 9.10 Å². The van der Waals surface area contributed by atoms with Gasteiger partial charge >= 0.3 is 0 Å². The molecule has 3 aromatic rings. The average molecular weight is 439 g/mol. The van der Waals surface area contributed by atoms with Crippen molar-refractivity contribution in [3.05, 3.63) is 71.2 Å². The Morgan fingerprint density at radius 1 is 0.960 bits per heavy atom. The van der Waals surface area contributed by atoms with E-state index in [4.69, 9.17) is 11.6 Å². The number of benzene rings is 3. The monoisotopic (exact) mass is 437 g/mol. The third kappa shape index (κ3) is 3.71. The molecule has 0 aromatic heterocycles. The molecule has 128 valence electrons. The molecule has 0 spiro atoms. The summed E-state index contributed by atoms with van der Waals surface area (Å²) in [5.74, 6) is 0. The second kappa shape index (κ2) is 7.15. The summed E-state index contributed by atoms with van der Waals surface area (Å²) in [6.07, 6.45) is 0. The molecule has 0 N–H and O–H groups in total. The zero-order valence-corrected chi connectivity index (χ0v) is 16.1. The SMILES string of the molecule is O=C(Cl)CN(c1cccc2ccccc12)S(=O)(=O)c1ccc(Br)cc1. The van der Waals surface area contributed by atoms with Crippen LogP contribution in [-0.4, -0.2) is 20.2 Å². The van der Waals surface area contributed by atoms with Crippen LogP contribution in [-0.2, 0) is 14.8 Å². The fraction of sp³-hybridized carbons (Fsp3) is 0.0556. The van der Waals surface area contributed by atoms with Crippen LogP contribution in [0.2, 0.25) is 0 Å². The van der Waals surface area contributed by atoms with Crippen LogP contribution in [0.4, 0.5) is 5.69 Å². The van der Waals surface area contributed by atoms with Crippen molar-refractivity contribution in [1.82, 2.24) is 0 Å². The van der Waals surface area contributed by atoms with Crippen molar-refractivity contribution in [3.63, 3.8) is 0 Å². The van der Waals surface area contributed by atoms with Gasteiger partial charge in [0.2, 0.25) is 5.24 Å². The maximum absolute atomic E-state index is 13.1. The summed E-state index contributed by atoms with van der Waals surface area (Å²) >= 11 is 8.82. The van der Waals surface area contributed by atoms with Gasteiger partial charge in [0, 0.05) is 9.86 Å². The van der Waals surface area contributed by atoms with Gasteiger partial charge in [-0.05, 0) is 47.3 Å². The molecule has 0 fully saturated rings. The Morgan fingerprint density at radius 2 is 1.60 bits per heavy atom. The zero-order chi connectivity index (χ0) is 18.0. The molecule has 0 aliphatic carbocycles. The van der Waals surface area contributed by atoms with Crippen molar-refractivity contribution in [1.29, 1.82) is 0 Å². The van der Waals surface area contributed by atoms with Crippen molar-refractivity contribution in [3.8, 4) is 0 Å². The predicted octanol–water partition coefficient (Wildman–Crippen LogP) is 4.56. The number of fused-ring (bicyclic) bond motifs is 1. The summed E-state index contributed by atoms with van der Waals surface area (Å²) in [4.78, 5) is 11.6. The van der Waals surface area contributed by atoms with E-state index in [0.29, 0.717) is 5.69 Å². The molecule has 3 aromatic carbocycles. The number of anilines is 1. The van der Waals surface area contributed by atoms with Crippen molar-refractivity contribution in [2.24, 2.45) is 0 Å². The number of hydrogen-bond acceptors (Lipinski definition) is 3. The molecule has 0 bridgehead atoms. The predicted molar refractivity (Wildman–Crippen MR) is 103 cm³/mol. The minimum absolute atomic E-state index is 0.0848. The van der Waals surface area contributed by atoms with Crippen LogP contribution in [0.1, 0.15) is 0 Å². The molecule has 0 aliphatic heterocycles. The van der Waals surface area contributed by atoms with E-state index in [-0.39, 0.29) is 4.90 Å². The molecule has 0 unspecified atom stereocenters. The Morgan fingerprint density at radius 3 is 2.28 bits per heavy atom. The first-order valence-corrected chi connectivity index (χ1v) is 9.95. The van der Waals surface area contributed by atoms with Gasteiger partial charge in [0.1, 0.15) is 6.54 Å². The van der Waals surface area contributed by atoms with Gasteiger partial charge < -0.3 is 0 Å². The van der Waals surface area contributed by atoms with Gasteiger partial charge in [-0.25, -0.2) is 8.42 Å². The molecule has 3 rings (SSSR count). The smallest absolute Gasteiger partial charge is 0.264 e. The maximum atomic E-state index is 13.1. The van der Waals surface area contributed by atoms with Crippen LogP contribution < -0.4 is 4.31 Å². The van der Waals surface area contributed by atoms with E-state index in [2.05, 4.69) is 15.9 Å². The molecule has 0 aliphatic rings. The second-order valence-corrected chi connectivity index (χ2v) is 8.52. The number of carbonyl (C=O) groups is 1. The highest BCUT2D eigenvalue weighted by Gasteiger charge is 2.27. The van der Waals surface area contributed by atoms with Gasteiger partial charge in [-0.15, -0.1) is 0 Å². The van der Waals surface area contributed by atoms with Crippen LogP contribution in [0.25, 0.3) is 10.8 Å². The van der Waals surface area contributed by atoms with Crippen molar-refractivity contribution >= 4 is 59.3 Å². The molecular formula is C18H13BrClNO3S. The van der Waals surface area contributed by atoms with E-state index >= 15 is 0 Å². The van der Waals surface area contributed by atoms with Crippen molar-refractivity contribution in [2.75, 3.05) is 10.8 Å². The summed E-state index contributed by atoms with van der Waals surface area (Å²) in [5.41, 5.74) is 0.412. The highest BCUT2D eigenvalue weighted by Crippen LogP contribution is 2.31. The maximum Gasteiger partial charge on any atom is 0.264 e. The lowest BCUT2D eigenvalue weighted by Crippen LogP contribution is -2.34. The summed E-state index contributed by atoms with van der Waals surface area (Å²) < 4.78 is 28.1. The van der Waals surface area contributed by atoms with Gasteiger partial charge in [0.15, 0.2) is 0 Å². The molecule has 0 saturated heterocycles. The Balaban J connectivity index is 2.20. The number of sulfonamides is 1. The van der Waals surface area contributed by atoms with Crippen molar-refractivity contribution in [2.45, 2.75) is 4.90 Å². The fourth-order valence-electron chi connectivity index (χ4n) is 2.57. The van der Waals surface area contributed by atoms with Gasteiger partial charge in [0.05, 0.1) is 10.6 Å². The first kappa shape index (κ1) is 17.9. The lowest BCUT2D eigenvalue weighted by molar-refractivity contribution is -0.110. The first-order valence-electron chi connectivity index (χ1n) is 7.34. The third-order valence-corrected chi connectivity index (χ3v) is 6.13. The van der Waals surface area contributed by atoms with Crippen LogP contribution in [0.3, 0.4) is 0 Å². The topological polar surface area (TPSA) is 54.5 Å². The molecule has 0 radical (unpaired) electrons. The number of hydrogen-bond donors (Lipinski definition) is 0. The van der Waals surface area contributed by atoms with E-state index in [1.807, 2.05) is 30.3 Å². The lowest BCUT2D eigenvalue weighted by Gasteiger charge is -2.24. The van der Waals surface area contributed by atoms with Gasteiger partial charge in [-0.2, -0.15) is 0 Å². The van der Waals surface area contributed by atoms with E-state index in [0.717, 1.165) is 19.6 Å². The molecule has 0 atom stereocenters. The molecule has 7 heteroatoms. The molecule has 25 heavy (non-hydrogen) atoms. The van der Waals surface area contributed by atoms with Crippen molar-refractivity contribution < 1.29 is 13.2 Å². The molecule has 0 saturated carbocycles. The number of halogens is 2. The minimum atomic E-state index is -3.95. The van der Waals surface area contributed by atoms with Crippen LogP contribution in [0.15, 0.2) is 76.1 Å². The summed E-state index contributed by atoms with van der Waals surface area (Å²) in [5, 5.41) is 0.843. The molecule has 0 heterocycles. The first-order chi connectivity index (χ1) is 11.9. The van der Waals surface area contributed by atoms with Gasteiger partial charge in [-0.1, -0.05) is 52.3 Å². The number of carbonyl (C=O) groups excluding carboxylic acids is 1. The Kier molecular flexibility index (Phi) is 5.13. The Hall–Kier alpha value is -1.89. The average Bonchev–Trinajstić information content (AvgIpc) is 2.59. The largest absolute Gasteiger partial charge is 0.279 e. The van der Waals surface area contributed by atoms with E-state index in [1.165, 1.54) is 12.1 Å². The number of nitrogens with zero attached hydrogens (tertiary/aromatic N) is 1. The van der Waals surface area contributed by atoms with Crippen LogP contribution in [0, 0.1) is 0 Å². The molecule has 4 nitrogen and oxygen atoms in total. The lowest BCUT2D eigenvalue weighted by atomic mass is 10.1. The summed E-state index contributed by atoms with van der Waals surface area (Å²) in [6, 6.07) is 18.9. The quantitative estimate of drug-likeness (QED) is 0.549. The molecular weight excluding hydrogens is 426 g/mol. The third-order valence-electron chi connectivity index (χ3n) is 3.70. The summed E-state index contributed by atoms with van der Waals surface area (Å²) in [7, 11) is -3.95. The normalized spacial score (nSPS) is 11.4. The zero-order valence-electron chi connectivity index (χ0n) is 12.9. The van der Waals surface area contributed by atoms with Gasteiger partial charge in [0.25, 0.3) is 10.0 Å². The highest BCUT2D eigenvalue weighted by molar-refractivity contribution is 9.10. The Bertz CT molecular complexity index is 1030. The minimum Gasteiger partial charge on any atom is -0.279 e. The summed E-state index contributed by atoms with van der Waals surface area (Å²) in [6.45, 7) is -0.450. The number of rotatable bonds is 5.